The van der Waals surface area contributed by atoms with E-state index in [1.807, 2.05) is 47.9 Å². The number of amides is 1. The molecule has 0 bridgehead atoms. The number of benzene rings is 3. The third kappa shape index (κ3) is 3.73. The number of hydrogen-bond acceptors (Lipinski definition) is 4. The number of nitrogens with two attached hydrogens (primary N) is 1. The van der Waals surface area contributed by atoms with Crippen LogP contribution in [0, 0.1) is 6.92 Å². The first kappa shape index (κ1) is 18.4. The number of aromatic nitrogens is 2. The quantitative estimate of drug-likeness (QED) is 0.530. The molecular weight excluding hydrogens is 366 g/mol. The van der Waals surface area contributed by atoms with Crippen LogP contribution in [-0.4, -0.2) is 21.4 Å². The van der Waals surface area contributed by atoms with Crippen molar-refractivity contribution in [2.45, 2.75) is 13.5 Å². The maximum absolute atomic E-state index is 12.5. The van der Waals surface area contributed by atoms with Crippen molar-refractivity contribution in [2.75, 3.05) is 0 Å². The molecule has 4 rings (SSSR count). The molecule has 1 aromatic heterocycles. The molecule has 0 fully saturated rings. The van der Waals surface area contributed by atoms with Crippen LogP contribution in [0.1, 0.15) is 32.1 Å². The summed E-state index contributed by atoms with van der Waals surface area (Å²) < 4.78 is 7.44. The molecule has 6 nitrogen and oxygen atoms in total. The van der Waals surface area contributed by atoms with Crippen molar-refractivity contribution in [3.05, 3.63) is 95.3 Å². The van der Waals surface area contributed by atoms with E-state index < -0.39 is 11.9 Å². The molecule has 0 aliphatic carbocycles. The van der Waals surface area contributed by atoms with Crippen molar-refractivity contribution < 1.29 is 14.3 Å². The van der Waals surface area contributed by atoms with Crippen LogP contribution in [0.15, 0.2) is 72.8 Å². The van der Waals surface area contributed by atoms with Gasteiger partial charge in [-0.3, -0.25) is 9.36 Å². The minimum atomic E-state index is -0.493. The van der Waals surface area contributed by atoms with Crippen LogP contribution in [0.2, 0.25) is 0 Å². The fourth-order valence-corrected chi connectivity index (χ4v) is 3.23. The van der Waals surface area contributed by atoms with E-state index in [1.165, 1.54) is 0 Å². The largest absolute Gasteiger partial charge is 0.457 e. The summed E-state index contributed by atoms with van der Waals surface area (Å²) in [6.07, 6.45) is 0. The average molecular weight is 385 g/mol. The molecule has 6 heteroatoms. The minimum Gasteiger partial charge on any atom is -0.457 e. The van der Waals surface area contributed by atoms with Crippen LogP contribution in [0.25, 0.3) is 16.7 Å². The second kappa shape index (κ2) is 7.59. The van der Waals surface area contributed by atoms with E-state index in [-0.39, 0.29) is 6.61 Å². The van der Waals surface area contributed by atoms with E-state index in [2.05, 4.69) is 4.98 Å². The summed E-state index contributed by atoms with van der Waals surface area (Å²) in [5.41, 5.74) is 9.51. The Balaban J connectivity index is 1.53. The summed E-state index contributed by atoms with van der Waals surface area (Å²) >= 11 is 0. The SMILES string of the molecule is Cc1nc2cc(C(=O)OCc3ccc(C(N)=O)cc3)ccc2n1-c1ccccc1. The molecule has 2 N–H and O–H groups in total. The minimum absolute atomic E-state index is 0.105. The molecule has 0 radical (unpaired) electrons. The summed E-state index contributed by atoms with van der Waals surface area (Å²) in [5.74, 6) is -0.0869. The molecule has 1 amide bonds. The number of imidazole rings is 1. The lowest BCUT2D eigenvalue weighted by atomic mass is 10.1. The van der Waals surface area contributed by atoms with Gasteiger partial charge in [0.2, 0.25) is 5.91 Å². The van der Waals surface area contributed by atoms with Crippen molar-refractivity contribution >= 4 is 22.9 Å². The summed E-state index contributed by atoms with van der Waals surface area (Å²) in [6, 6.07) is 21.9. The number of esters is 1. The third-order valence-corrected chi connectivity index (χ3v) is 4.68. The van der Waals surface area contributed by atoms with Crippen LogP contribution in [0.5, 0.6) is 0 Å². The molecule has 0 spiro atoms. The second-order valence-corrected chi connectivity index (χ2v) is 6.67. The first-order valence-corrected chi connectivity index (χ1v) is 9.13. The molecular formula is C23H19N3O3. The maximum atomic E-state index is 12.5. The summed E-state index contributed by atoms with van der Waals surface area (Å²) in [7, 11) is 0. The zero-order valence-electron chi connectivity index (χ0n) is 15.8. The highest BCUT2D eigenvalue weighted by atomic mass is 16.5. The van der Waals surface area contributed by atoms with Crippen molar-refractivity contribution in [3.63, 3.8) is 0 Å². The number of carbonyl (C=O) groups is 2. The van der Waals surface area contributed by atoms with Gasteiger partial charge < -0.3 is 10.5 Å². The number of carbonyl (C=O) groups excluding carboxylic acids is 2. The van der Waals surface area contributed by atoms with Gasteiger partial charge in [-0.15, -0.1) is 0 Å². The van der Waals surface area contributed by atoms with Crippen LogP contribution in [0.4, 0.5) is 0 Å². The van der Waals surface area contributed by atoms with Crippen LogP contribution >= 0.6 is 0 Å². The van der Waals surface area contributed by atoms with Gasteiger partial charge in [-0.1, -0.05) is 30.3 Å². The van der Waals surface area contributed by atoms with Gasteiger partial charge in [0.25, 0.3) is 0 Å². The molecule has 0 aliphatic heterocycles. The Bertz CT molecular complexity index is 1200. The van der Waals surface area contributed by atoms with Gasteiger partial charge in [-0.05, 0) is 55.0 Å². The number of fused-ring (bicyclic) bond motifs is 1. The monoisotopic (exact) mass is 385 g/mol. The van der Waals surface area contributed by atoms with Gasteiger partial charge in [0.1, 0.15) is 12.4 Å². The van der Waals surface area contributed by atoms with E-state index in [9.17, 15) is 9.59 Å². The zero-order valence-corrected chi connectivity index (χ0v) is 15.8. The molecule has 0 aliphatic rings. The van der Waals surface area contributed by atoms with Gasteiger partial charge >= 0.3 is 5.97 Å². The van der Waals surface area contributed by atoms with Gasteiger partial charge in [0.05, 0.1) is 16.6 Å². The number of ether oxygens (including phenoxy) is 1. The molecule has 0 saturated heterocycles. The molecule has 0 unspecified atom stereocenters. The molecule has 4 aromatic rings. The van der Waals surface area contributed by atoms with Gasteiger partial charge in [0, 0.05) is 11.3 Å². The third-order valence-electron chi connectivity index (χ3n) is 4.68. The average Bonchev–Trinajstić information content (AvgIpc) is 3.07. The van der Waals surface area contributed by atoms with Gasteiger partial charge in [0.15, 0.2) is 0 Å². The van der Waals surface area contributed by atoms with Crippen LogP contribution in [-0.2, 0) is 11.3 Å². The Morgan fingerprint density at radius 1 is 0.966 bits per heavy atom. The number of primary amides is 1. The molecule has 1 heterocycles. The molecule has 29 heavy (non-hydrogen) atoms. The van der Waals surface area contributed by atoms with Crippen molar-refractivity contribution in [2.24, 2.45) is 5.73 Å². The smallest absolute Gasteiger partial charge is 0.338 e. The second-order valence-electron chi connectivity index (χ2n) is 6.67. The van der Waals surface area contributed by atoms with E-state index in [0.717, 1.165) is 28.1 Å². The Morgan fingerprint density at radius 3 is 2.34 bits per heavy atom. The summed E-state index contributed by atoms with van der Waals surface area (Å²) in [5, 5.41) is 0. The first-order chi connectivity index (χ1) is 14.0. The van der Waals surface area contributed by atoms with E-state index in [1.54, 1.807) is 36.4 Å². The van der Waals surface area contributed by atoms with Crippen LogP contribution < -0.4 is 5.73 Å². The molecule has 3 aromatic carbocycles. The number of rotatable bonds is 5. The fraction of sp³-hybridized carbons (Fsp3) is 0.0870. The number of hydrogen-bond donors (Lipinski definition) is 1. The standard InChI is InChI=1S/C23H19N3O3/c1-15-25-20-13-18(11-12-21(20)26(15)19-5-3-2-4-6-19)23(28)29-14-16-7-9-17(10-8-16)22(24)27/h2-13H,14H2,1H3,(H2,24,27). The topological polar surface area (TPSA) is 87.2 Å². The van der Waals surface area contributed by atoms with E-state index in [4.69, 9.17) is 10.5 Å². The Labute approximate surface area is 167 Å². The van der Waals surface area contributed by atoms with Crippen LogP contribution in [0.3, 0.4) is 0 Å². The Hall–Kier alpha value is -3.93. The highest BCUT2D eigenvalue weighted by molar-refractivity contribution is 5.94. The normalized spacial score (nSPS) is 10.8. The predicted octanol–water partition coefficient (Wildman–Crippen LogP) is 3.79. The molecule has 144 valence electrons. The summed E-state index contributed by atoms with van der Waals surface area (Å²) in [6.45, 7) is 2.04. The maximum Gasteiger partial charge on any atom is 0.338 e. The van der Waals surface area contributed by atoms with Crippen molar-refractivity contribution in [1.29, 1.82) is 0 Å². The Kier molecular flexibility index (Phi) is 4.83. The number of para-hydroxylation sites is 1. The molecule has 0 atom stereocenters. The fourth-order valence-electron chi connectivity index (χ4n) is 3.23. The number of nitrogens with zero attached hydrogens (tertiary/aromatic N) is 2. The lowest BCUT2D eigenvalue weighted by Crippen LogP contribution is -2.11. The lowest BCUT2D eigenvalue weighted by molar-refractivity contribution is 0.0472. The van der Waals surface area contributed by atoms with Gasteiger partial charge in [-0.25, -0.2) is 9.78 Å². The lowest BCUT2D eigenvalue weighted by Gasteiger charge is -2.07. The first-order valence-electron chi connectivity index (χ1n) is 9.13. The van der Waals surface area contributed by atoms with E-state index in [0.29, 0.717) is 11.1 Å². The summed E-state index contributed by atoms with van der Waals surface area (Å²) in [4.78, 5) is 28.2. The van der Waals surface area contributed by atoms with Crippen molar-refractivity contribution in [1.82, 2.24) is 9.55 Å². The number of aryl methyl sites for hydroxylation is 1. The zero-order chi connectivity index (χ0) is 20.4. The highest BCUT2D eigenvalue weighted by Crippen LogP contribution is 2.22. The Morgan fingerprint density at radius 2 is 1.66 bits per heavy atom. The van der Waals surface area contributed by atoms with Crippen molar-refractivity contribution in [3.8, 4) is 5.69 Å². The van der Waals surface area contributed by atoms with E-state index >= 15 is 0 Å². The van der Waals surface area contributed by atoms with Gasteiger partial charge in [-0.2, -0.15) is 0 Å². The predicted molar refractivity (Wildman–Crippen MR) is 110 cm³/mol. The molecule has 0 saturated carbocycles. The highest BCUT2D eigenvalue weighted by Gasteiger charge is 2.14.